The second-order valence-corrected chi connectivity index (χ2v) is 11.9. The number of rotatable bonds is 31. The molecule has 0 aromatic carbocycles. The molecule has 0 radical (unpaired) electrons. The van der Waals surface area contributed by atoms with E-state index in [-0.39, 0.29) is 42.0 Å². The van der Waals surface area contributed by atoms with Gasteiger partial charge in [-0.15, -0.1) is 0 Å². The Kier molecular flexibility index (Phi) is 35.9. The maximum absolute atomic E-state index is 11.2. The number of carboxylic acids is 1. The van der Waals surface area contributed by atoms with Crippen LogP contribution in [0, 0.1) is 0 Å². The summed E-state index contributed by atoms with van der Waals surface area (Å²) in [5, 5.41) is 11.2. The fraction of sp³-hybridized carbons (Fsp3) is 0.971. The van der Waals surface area contributed by atoms with Crippen LogP contribution in [-0.4, -0.2) is 30.0 Å². The topological polar surface area (TPSA) is 43.4 Å². The van der Waals surface area contributed by atoms with E-state index in [1.54, 1.807) is 0 Å². The van der Waals surface area contributed by atoms with Crippen molar-refractivity contribution in [3.05, 3.63) is 0 Å². The van der Waals surface area contributed by atoms with E-state index in [4.69, 9.17) is 0 Å². The third kappa shape index (κ3) is 31.0. The number of unbranched alkanes of at least 4 members (excludes halogenated alkanes) is 24. The molecule has 4 heteroatoms. The average molecular weight is 546 g/mol. The van der Waals surface area contributed by atoms with Gasteiger partial charge in [-0.2, -0.15) is 0 Å². The molecule has 0 aliphatic rings. The van der Waals surface area contributed by atoms with Gasteiger partial charge < -0.3 is 14.8 Å². The summed E-state index contributed by atoms with van der Waals surface area (Å²) in [6.45, 7) is 8.73. The van der Waals surface area contributed by atoms with E-state index in [2.05, 4.69) is 25.7 Å². The van der Waals surface area contributed by atoms with Crippen molar-refractivity contribution in [2.24, 2.45) is 0 Å². The quantitative estimate of drug-likeness (QED) is 0.0695. The summed E-state index contributed by atoms with van der Waals surface area (Å²) in [6, 6.07) is 0.0969. The van der Waals surface area contributed by atoms with E-state index >= 15 is 0 Å². The number of hydrogen-bond acceptors (Lipinski definition) is 3. The maximum Gasteiger partial charge on any atom is 1.00 e. The SMILES string of the molecule is CCCCCCCCCCCCCCCN(CCCCCCCCCCCCCCC)C(C)CC(=O)[O-].[Na+]. The van der Waals surface area contributed by atoms with Crippen LogP contribution >= 0.6 is 0 Å². The van der Waals surface area contributed by atoms with Gasteiger partial charge in [-0.3, -0.25) is 0 Å². The van der Waals surface area contributed by atoms with Crippen molar-refractivity contribution in [1.29, 1.82) is 0 Å². The molecule has 0 aliphatic carbocycles. The maximum atomic E-state index is 11.2. The molecular weight excluding hydrogens is 477 g/mol. The minimum atomic E-state index is -0.909. The minimum absolute atomic E-state index is 0. The zero-order valence-corrected chi connectivity index (χ0v) is 28.8. The van der Waals surface area contributed by atoms with Crippen LogP contribution in [-0.2, 0) is 4.79 Å². The molecule has 0 amide bonds. The number of hydrogen-bond donors (Lipinski definition) is 0. The predicted octanol–water partition coefficient (Wildman–Crippen LogP) is 7.00. The first-order valence-corrected chi connectivity index (χ1v) is 17.1. The van der Waals surface area contributed by atoms with E-state index in [1.807, 2.05) is 0 Å². The predicted molar refractivity (Wildman–Crippen MR) is 162 cm³/mol. The fourth-order valence-corrected chi connectivity index (χ4v) is 5.59. The van der Waals surface area contributed by atoms with Crippen LogP contribution in [0.15, 0.2) is 0 Å². The third-order valence-electron chi connectivity index (χ3n) is 8.18. The normalized spacial score (nSPS) is 12.1. The van der Waals surface area contributed by atoms with E-state index in [1.165, 1.54) is 167 Å². The van der Waals surface area contributed by atoms with Gasteiger partial charge in [0.05, 0.1) is 0 Å². The van der Waals surface area contributed by atoms with E-state index in [9.17, 15) is 9.90 Å². The summed E-state index contributed by atoms with van der Waals surface area (Å²) < 4.78 is 0. The van der Waals surface area contributed by atoms with Crippen molar-refractivity contribution < 1.29 is 39.5 Å². The molecule has 3 nitrogen and oxygen atoms in total. The number of aliphatic carboxylic acids is 1. The molecule has 0 fully saturated rings. The summed E-state index contributed by atoms with van der Waals surface area (Å²) in [6.07, 6.45) is 35.9. The van der Waals surface area contributed by atoms with Crippen LogP contribution in [0.25, 0.3) is 0 Å². The summed E-state index contributed by atoms with van der Waals surface area (Å²) in [5.74, 6) is -0.909. The van der Waals surface area contributed by atoms with Gasteiger partial charge in [0.1, 0.15) is 0 Å². The molecule has 0 saturated carbocycles. The first kappa shape index (κ1) is 40.6. The van der Waals surface area contributed by atoms with Crippen LogP contribution in [0.5, 0.6) is 0 Å². The van der Waals surface area contributed by atoms with Crippen molar-refractivity contribution in [2.45, 2.75) is 200 Å². The Morgan fingerprint density at radius 3 is 0.974 bits per heavy atom. The van der Waals surface area contributed by atoms with E-state index in [0.717, 1.165) is 13.1 Å². The first-order chi connectivity index (χ1) is 18.1. The molecule has 38 heavy (non-hydrogen) atoms. The molecule has 0 heterocycles. The van der Waals surface area contributed by atoms with Crippen LogP contribution in [0.4, 0.5) is 0 Å². The van der Waals surface area contributed by atoms with Crippen molar-refractivity contribution in [3.63, 3.8) is 0 Å². The fourth-order valence-electron chi connectivity index (χ4n) is 5.59. The smallest absolute Gasteiger partial charge is 0.550 e. The Balaban J connectivity index is 0. The molecule has 0 N–H and O–H groups in total. The summed E-state index contributed by atoms with van der Waals surface area (Å²) in [5.41, 5.74) is 0. The van der Waals surface area contributed by atoms with Gasteiger partial charge in [-0.1, -0.05) is 168 Å². The molecule has 0 spiro atoms. The second-order valence-electron chi connectivity index (χ2n) is 11.9. The monoisotopic (exact) mass is 546 g/mol. The van der Waals surface area contributed by atoms with Gasteiger partial charge >= 0.3 is 29.6 Å². The molecule has 0 rings (SSSR count). The number of carbonyl (C=O) groups is 1. The van der Waals surface area contributed by atoms with Crippen LogP contribution in [0.3, 0.4) is 0 Å². The van der Waals surface area contributed by atoms with Gasteiger partial charge in [-0.25, -0.2) is 0 Å². The molecular formula is C34H68NNaO2. The molecule has 0 aliphatic heterocycles. The molecule has 0 bridgehead atoms. The van der Waals surface area contributed by atoms with Gasteiger partial charge in [0, 0.05) is 18.4 Å². The number of carbonyl (C=O) groups excluding carboxylic acids is 1. The Morgan fingerprint density at radius 2 is 0.737 bits per heavy atom. The first-order valence-electron chi connectivity index (χ1n) is 17.1. The van der Waals surface area contributed by atoms with Crippen molar-refractivity contribution in [1.82, 2.24) is 4.90 Å². The minimum Gasteiger partial charge on any atom is -0.550 e. The molecule has 0 aromatic rings. The van der Waals surface area contributed by atoms with Gasteiger partial charge in [-0.05, 0) is 32.9 Å². The van der Waals surface area contributed by atoms with Crippen LogP contribution < -0.4 is 34.7 Å². The standard InChI is InChI=1S/C34H69NO2.Na/c1-4-6-8-10-12-14-16-18-20-22-24-26-28-30-35(33(3)32-34(36)37)31-29-27-25-23-21-19-17-15-13-11-9-7-5-2;/h33H,4-32H2,1-3H3,(H,36,37);/q;+1/p-1. The largest absolute Gasteiger partial charge is 1.00 e. The molecule has 1 unspecified atom stereocenters. The summed E-state index contributed by atoms with van der Waals surface area (Å²) in [7, 11) is 0. The molecule has 0 aromatic heterocycles. The van der Waals surface area contributed by atoms with Crippen LogP contribution in [0.1, 0.15) is 194 Å². The summed E-state index contributed by atoms with van der Waals surface area (Å²) in [4.78, 5) is 13.6. The third-order valence-corrected chi connectivity index (χ3v) is 8.18. The average Bonchev–Trinajstić information content (AvgIpc) is 2.87. The number of carboxylic acid groups (broad SMARTS) is 1. The van der Waals surface area contributed by atoms with Crippen molar-refractivity contribution >= 4 is 5.97 Å². The van der Waals surface area contributed by atoms with Crippen molar-refractivity contribution in [3.8, 4) is 0 Å². The summed E-state index contributed by atoms with van der Waals surface area (Å²) >= 11 is 0. The van der Waals surface area contributed by atoms with E-state index in [0.29, 0.717) is 0 Å². The second kappa shape index (κ2) is 33.6. The Morgan fingerprint density at radius 1 is 0.500 bits per heavy atom. The van der Waals surface area contributed by atoms with Gasteiger partial charge in [0.25, 0.3) is 0 Å². The van der Waals surface area contributed by atoms with E-state index < -0.39 is 5.97 Å². The van der Waals surface area contributed by atoms with Crippen LogP contribution in [0.2, 0.25) is 0 Å². The molecule has 0 saturated heterocycles. The zero-order chi connectivity index (χ0) is 27.2. The van der Waals surface area contributed by atoms with Crippen molar-refractivity contribution in [2.75, 3.05) is 13.1 Å². The van der Waals surface area contributed by atoms with Gasteiger partial charge in [0.2, 0.25) is 0 Å². The Bertz CT molecular complexity index is 430. The Hall–Kier alpha value is 0.430. The molecule has 222 valence electrons. The Labute approximate surface area is 262 Å². The zero-order valence-electron chi connectivity index (χ0n) is 26.8. The number of nitrogens with zero attached hydrogens (tertiary/aromatic N) is 1. The van der Waals surface area contributed by atoms with Gasteiger partial charge in [0.15, 0.2) is 0 Å². The molecule has 1 atom stereocenters.